The smallest absolute Gasteiger partial charge is 0.338 e. The Kier molecular flexibility index (Phi) is 7.12. The van der Waals surface area contributed by atoms with Gasteiger partial charge in [0, 0.05) is 26.3 Å². The second-order valence-corrected chi connectivity index (χ2v) is 9.50. The highest BCUT2D eigenvalue weighted by atomic mass is 32.2. The molecule has 1 aromatic carbocycles. The van der Waals surface area contributed by atoms with E-state index >= 15 is 0 Å². The van der Waals surface area contributed by atoms with E-state index in [2.05, 4.69) is 5.32 Å². The summed E-state index contributed by atoms with van der Waals surface area (Å²) in [6.07, 6.45) is 1.15. The van der Waals surface area contributed by atoms with E-state index in [0.29, 0.717) is 0 Å². The van der Waals surface area contributed by atoms with Crippen LogP contribution >= 0.6 is 0 Å². The highest BCUT2D eigenvalue weighted by Gasteiger charge is 2.32. The average Bonchev–Trinajstić information content (AvgIpc) is 3.17. The second kappa shape index (κ2) is 9.63. The van der Waals surface area contributed by atoms with Crippen LogP contribution in [0.5, 0.6) is 0 Å². The van der Waals surface area contributed by atoms with Crippen LogP contribution in [0.2, 0.25) is 0 Å². The second-order valence-electron chi connectivity index (χ2n) is 7.56. The van der Waals surface area contributed by atoms with Crippen LogP contribution in [0.25, 0.3) is 0 Å². The van der Waals surface area contributed by atoms with Crippen molar-refractivity contribution < 1.29 is 32.3 Å². The molecular weight excluding hydrogens is 438 g/mol. The number of benzene rings is 1. The largest absolute Gasteiger partial charge is 0.452 e. The summed E-state index contributed by atoms with van der Waals surface area (Å²) in [7, 11) is -2.19. The van der Waals surface area contributed by atoms with E-state index in [0.717, 1.165) is 0 Å². The molecule has 1 aromatic heterocycles. The number of imide groups is 1. The van der Waals surface area contributed by atoms with Gasteiger partial charge in [0.2, 0.25) is 10.0 Å². The minimum Gasteiger partial charge on any atom is -0.452 e. The normalized spacial score (nSPS) is 19.3. The average molecular weight is 464 g/mol. The molecule has 1 saturated heterocycles. The van der Waals surface area contributed by atoms with Crippen molar-refractivity contribution in [3.63, 3.8) is 0 Å². The molecule has 0 bridgehead atoms. The molecule has 0 radical (unpaired) electrons. The standard InChI is InChI=1S/C21H25N3O7S/c1-14-11-24(12-15(2)31-14)32(28,29)17-7-4-6-16(10-17)21(27)30-13-19(25)22-20(26)18-8-5-9-23(18)3/h4-10,14-15H,11-13H2,1-3H3,(H,22,25,26)/t14-,15+. The Hall–Kier alpha value is -3.02. The van der Waals surface area contributed by atoms with E-state index in [1.165, 1.54) is 39.2 Å². The summed E-state index contributed by atoms with van der Waals surface area (Å²) >= 11 is 0. The highest BCUT2D eigenvalue weighted by molar-refractivity contribution is 7.89. The van der Waals surface area contributed by atoms with Crippen LogP contribution in [0.1, 0.15) is 34.7 Å². The first kappa shape index (κ1) is 23.6. The summed E-state index contributed by atoms with van der Waals surface area (Å²) < 4.78 is 39.4. The minimum absolute atomic E-state index is 0.0259. The number of morpholine rings is 1. The van der Waals surface area contributed by atoms with E-state index in [1.807, 2.05) is 0 Å². The summed E-state index contributed by atoms with van der Waals surface area (Å²) in [5.41, 5.74) is 0.247. The van der Waals surface area contributed by atoms with Gasteiger partial charge in [-0.3, -0.25) is 14.9 Å². The Bertz CT molecular complexity index is 1120. The maximum Gasteiger partial charge on any atom is 0.338 e. The predicted octanol–water partition coefficient (Wildman–Crippen LogP) is 0.936. The fourth-order valence-electron chi connectivity index (χ4n) is 3.40. The lowest BCUT2D eigenvalue weighted by atomic mass is 10.2. The number of rotatable bonds is 6. The van der Waals surface area contributed by atoms with Gasteiger partial charge < -0.3 is 14.0 Å². The van der Waals surface area contributed by atoms with Crippen molar-refractivity contribution >= 4 is 27.8 Å². The molecule has 10 nitrogen and oxygen atoms in total. The molecule has 0 saturated carbocycles. The van der Waals surface area contributed by atoms with Crippen LogP contribution in [-0.2, 0) is 31.3 Å². The lowest BCUT2D eigenvalue weighted by molar-refractivity contribution is -0.123. The maximum absolute atomic E-state index is 13.0. The number of esters is 1. The third kappa shape index (κ3) is 5.42. The molecule has 32 heavy (non-hydrogen) atoms. The van der Waals surface area contributed by atoms with Gasteiger partial charge in [-0.25, -0.2) is 13.2 Å². The van der Waals surface area contributed by atoms with E-state index < -0.39 is 34.4 Å². The van der Waals surface area contributed by atoms with Gasteiger partial charge in [0.15, 0.2) is 6.61 Å². The van der Waals surface area contributed by atoms with E-state index in [1.54, 1.807) is 33.2 Å². The van der Waals surface area contributed by atoms with Crippen LogP contribution in [-0.4, -0.2) is 67.0 Å². The zero-order valence-electron chi connectivity index (χ0n) is 18.0. The molecule has 11 heteroatoms. The first-order valence-electron chi connectivity index (χ1n) is 9.96. The fourth-order valence-corrected chi connectivity index (χ4v) is 5.03. The number of carbonyl (C=O) groups excluding carboxylic acids is 3. The third-order valence-corrected chi connectivity index (χ3v) is 6.68. The first-order valence-corrected chi connectivity index (χ1v) is 11.4. The minimum atomic E-state index is -3.84. The summed E-state index contributed by atoms with van der Waals surface area (Å²) in [5.74, 6) is -2.31. The SMILES string of the molecule is C[C@@H]1CN(S(=O)(=O)c2cccc(C(=O)OCC(=O)NC(=O)c3cccn3C)c2)C[C@H](C)O1. The summed E-state index contributed by atoms with van der Waals surface area (Å²) in [4.78, 5) is 36.3. The number of hydrogen-bond donors (Lipinski definition) is 1. The van der Waals surface area contributed by atoms with E-state index in [9.17, 15) is 22.8 Å². The van der Waals surface area contributed by atoms with Gasteiger partial charge in [0.05, 0.1) is 22.7 Å². The van der Waals surface area contributed by atoms with Crippen molar-refractivity contribution in [1.82, 2.24) is 14.2 Å². The maximum atomic E-state index is 13.0. The molecular formula is C21H25N3O7S. The Morgan fingerprint density at radius 1 is 1.12 bits per heavy atom. The van der Waals surface area contributed by atoms with Gasteiger partial charge in [-0.05, 0) is 44.2 Å². The molecule has 1 aliphatic heterocycles. The van der Waals surface area contributed by atoms with Gasteiger partial charge >= 0.3 is 5.97 Å². The van der Waals surface area contributed by atoms with Crippen LogP contribution in [0.4, 0.5) is 0 Å². The molecule has 2 atom stereocenters. The van der Waals surface area contributed by atoms with Gasteiger partial charge in [-0.2, -0.15) is 4.31 Å². The monoisotopic (exact) mass is 463 g/mol. The molecule has 3 rings (SSSR count). The van der Waals surface area contributed by atoms with Gasteiger partial charge in [0.25, 0.3) is 11.8 Å². The molecule has 172 valence electrons. The van der Waals surface area contributed by atoms with Crippen molar-refractivity contribution in [2.75, 3.05) is 19.7 Å². The van der Waals surface area contributed by atoms with Crippen LogP contribution < -0.4 is 5.32 Å². The Morgan fingerprint density at radius 3 is 2.44 bits per heavy atom. The molecule has 0 aliphatic carbocycles. The quantitative estimate of drug-likeness (QED) is 0.632. The fraction of sp³-hybridized carbons (Fsp3) is 0.381. The lowest BCUT2D eigenvalue weighted by Gasteiger charge is -2.34. The number of hydrogen-bond acceptors (Lipinski definition) is 7. The Morgan fingerprint density at radius 2 is 1.81 bits per heavy atom. The number of amides is 2. The van der Waals surface area contributed by atoms with Gasteiger partial charge in [0.1, 0.15) is 5.69 Å². The van der Waals surface area contributed by atoms with Crippen molar-refractivity contribution in [2.24, 2.45) is 7.05 Å². The van der Waals surface area contributed by atoms with Crippen molar-refractivity contribution in [3.05, 3.63) is 53.9 Å². The molecule has 0 unspecified atom stereocenters. The number of sulfonamides is 1. The summed E-state index contributed by atoms with van der Waals surface area (Å²) in [5, 5.41) is 2.13. The molecule has 0 spiro atoms. The van der Waals surface area contributed by atoms with Crippen LogP contribution in [0.3, 0.4) is 0 Å². The zero-order valence-corrected chi connectivity index (χ0v) is 18.8. The van der Waals surface area contributed by atoms with Crippen LogP contribution in [0.15, 0.2) is 47.5 Å². The zero-order chi connectivity index (χ0) is 23.5. The number of ether oxygens (including phenoxy) is 2. The number of carbonyl (C=O) groups is 3. The first-order chi connectivity index (χ1) is 15.1. The van der Waals surface area contributed by atoms with E-state index in [-0.39, 0.29) is 41.5 Å². The van der Waals surface area contributed by atoms with Crippen molar-refractivity contribution in [3.8, 4) is 0 Å². The molecule has 2 amide bonds. The van der Waals surface area contributed by atoms with Gasteiger partial charge in [-0.15, -0.1) is 0 Å². The number of aromatic nitrogens is 1. The topological polar surface area (TPSA) is 124 Å². The predicted molar refractivity (Wildman–Crippen MR) is 113 cm³/mol. The molecule has 1 fully saturated rings. The molecule has 1 N–H and O–H groups in total. The van der Waals surface area contributed by atoms with Crippen LogP contribution in [0, 0.1) is 0 Å². The number of nitrogens with zero attached hydrogens (tertiary/aromatic N) is 2. The molecule has 2 heterocycles. The van der Waals surface area contributed by atoms with E-state index in [4.69, 9.17) is 9.47 Å². The van der Waals surface area contributed by atoms with Crippen molar-refractivity contribution in [2.45, 2.75) is 31.0 Å². The lowest BCUT2D eigenvalue weighted by Crippen LogP contribution is -2.48. The van der Waals surface area contributed by atoms with Crippen molar-refractivity contribution in [1.29, 1.82) is 0 Å². The number of aryl methyl sites for hydroxylation is 1. The summed E-state index contributed by atoms with van der Waals surface area (Å²) in [6, 6.07) is 8.60. The highest BCUT2D eigenvalue weighted by Crippen LogP contribution is 2.22. The molecule has 2 aromatic rings. The third-order valence-electron chi connectivity index (χ3n) is 4.86. The Balaban J connectivity index is 1.63. The van der Waals surface area contributed by atoms with Gasteiger partial charge in [-0.1, -0.05) is 6.07 Å². The molecule has 1 aliphatic rings. The summed E-state index contributed by atoms with van der Waals surface area (Å²) in [6.45, 7) is 3.30. The number of nitrogens with one attached hydrogen (secondary N) is 1. The Labute approximate surface area is 186 Å².